The Morgan fingerprint density at radius 1 is 1.27 bits per heavy atom. The van der Waals surface area contributed by atoms with Gasteiger partial charge in [0.15, 0.2) is 0 Å². The summed E-state index contributed by atoms with van der Waals surface area (Å²) in [6.45, 7) is 1.75. The molecule has 3 atom stereocenters. The van der Waals surface area contributed by atoms with E-state index in [9.17, 15) is 14.3 Å². The Kier molecular flexibility index (Phi) is 8.96. The Hall–Kier alpha value is -3.21. The van der Waals surface area contributed by atoms with Gasteiger partial charge in [0.05, 0.1) is 19.2 Å². The normalized spacial score (nSPS) is 18.7. The van der Waals surface area contributed by atoms with Gasteiger partial charge in [-0.15, -0.1) is 0 Å². The highest BCUT2D eigenvalue weighted by molar-refractivity contribution is 6.30. The number of hydrogen-bond acceptors (Lipinski definition) is 4. The maximum absolute atomic E-state index is 15.5. The van der Waals surface area contributed by atoms with Crippen LogP contribution < -0.4 is 4.74 Å². The minimum atomic E-state index is -1.19. The van der Waals surface area contributed by atoms with Crippen LogP contribution in [0.5, 0.6) is 5.75 Å². The van der Waals surface area contributed by atoms with Crippen LogP contribution in [0.3, 0.4) is 0 Å². The first-order valence-corrected chi connectivity index (χ1v) is 12.7. The molecule has 1 N–H and O–H groups in total. The number of carboxylic acid groups (broad SMARTS) is 1. The molecule has 5 nitrogen and oxygen atoms in total. The van der Waals surface area contributed by atoms with E-state index in [0.29, 0.717) is 48.3 Å². The number of alkyl halides is 1. The molecule has 4 rings (SSSR count). The lowest BCUT2D eigenvalue weighted by Crippen LogP contribution is -2.41. The summed E-state index contributed by atoms with van der Waals surface area (Å²) in [6, 6.07) is 11.3. The summed E-state index contributed by atoms with van der Waals surface area (Å²) in [4.78, 5) is 18.0. The first-order valence-electron chi connectivity index (χ1n) is 12.3. The van der Waals surface area contributed by atoms with E-state index in [4.69, 9.17) is 16.3 Å². The zero-order valence-corrected chi connectivity index (χ0v) is 21.3. The lowest BCUT2D eigenvalue weighted by molar-refractivity contribution is -0.139. The molecular weight excluding hydrogens is 498 g/mol. The molecule has 3 aromatic rings. The molecule has 0 amide bonds. The highest BCUT2D eigenvalue weighted by atomic mass is 35.5. The minimum Gasteiger partial charge on any atom is -0.497 e. The second-order valence-corrected chi connectivity index (χ2v) is 9.87. The molecule has 8 heteroatoms. The van der Waals surface area contributed by atoms with E-state index in [2.05, 4.69) is 21.7 Å². The number of pyridine rings is 1. The van der Waals surface area contributed by atoms with Gasteiger partial charge in [0.25, 0.3) is 0 Å². The van der Waals surface area contributed by atoms with Crippen molar-refractivity contribution in [1.29, 1.82) is 0 Å². The number of rotatable bonds is 8. The molecule has 1 saturated heterocycles. The van der Waals surface area contributed by atoms with Crippen LogP contribution in [0.15, 0.2) is 48.7 Å². The zero-order valence-electron chi connectivity index (χ0n) is 20.6. The van der Waals surface area contributed by atoms with Gasteiger partial charge in [-0.3, -0.25) is 14.7 Å². The number of benzene rings is 2. The van der Waals surface area contributed by atoms with Crippen LogP contribution in [0.2, 0.25) is 5.02 Å². The van der Waals surface area contributed by atoms with Crippen LogP contribution in [0.25, 0.3) is 10.9 Å². The van der Waals surface area contributed by atoms with Gasteiger partial charge in [-0.25, -0.2) is 8.78 Å². The van der Waals surface area contributed by atoms with Gasteiger partial charge in [0.1, 0.15) is 17.7 Å². The lowest BCUT2D eigenvalue weighted by Gasteiger charge is -2.37. The fourth-order valence-electron chi connectivity index (χ4n) is 5.08. The largest absolute Gasteiger partial charge is 0.497 e. The topological polar surface area (TPSA) is 62.7 Å². The van der Waals surface area contributed by atoms with E-state index in [1.54, 1.807) is 37.6 Å². The third kappa shape index (κ3) is 7.18. The molecule has 0 aliphatic carbocycles. The molecule has 1 aliphatic rings. The molecule has 2 heterocycles. The van der Waals surface area contributed by atoms with Crippen LogP contribution in [-0.4, -0.2) is 47.7 Å². The number of nitrogens with zero attached hydrogens (tertiary/aromatic N) is 2. The number of likely N-dealkylation sites (tertiary alicyclic amines) is 1. The van der Waals surface area contributed by atoms with Crippen molar-refractivity contribution in [1.82, 2.24) is 9.88 Å². The molecule has 1 fully saturated rings. The summed E-state index contributed by atoms with van der Waals surface area (Å²) in [7, 11) is 1.57. The van der Waals surface area contributed by atoms with E-state index in [-0.39, 0.29) is 23.3 Å². The number of carboxylic acids is 1. The van der Waals surface area contributed by atoms with Gasteiger partial charge >= 0.3 is 5.97 Å². The minimum absolute atomic E-state index is 0.0282. The number of aromatic nitrogens is 1. The van der Waals surface area contributed by atoms with E-state index in [0.717, 1.165) is 18.4 Å². The molecule has 2 aromatic carbocycles. The smallest absolute Gasteiger partial charge is 0.303 e. The van der Waals surface area contributed by atoms with Crippen molar-refractivity contribution in [2.24, 2.45) is 11.8 Å². The fraction of sp³-hybridized carbons (Fsp3) is 0.379. The van der Waals surface area contributed by atoms with Crippen molar-refractivity contribution < 1.29 is 23.4 Å². The number of hydrogen-bond donors (Lipinski definition) is 1. The molecule has 0 saturated carbocycles. The molecule has 37 heavy (non-hydrogen) atoms. The van der Waals surface area contributed by atoms with Gasteiger partial charge < -0.3 is 9.84 Å². The van der Waals surface area contributed by atoms with E-state index in [1.807, 2.05) is 6.07 Å². The summed E-state index contributed by atoms with van der Waals surface area (Å²) in [5, 5.41) is 10.5. The number of methoxy groups -OCH3 is 1. The third-order valence-electron chi connectivity index (χ3n) is 6.92. The van der Waals surface area contributed by atoms with Crippen LogP contribution in [0.1, 0.15) is 43.0 Å². The molecule has 0 radical (unpaired) electrons. The van der Waals surface area contributed by atoms with E-state index >= 15 is 4.39 Å². The molecule has 0 spiro atoms. The maximum atomic E-state index is 15.5. The second kappa shape index (κ2) is 12.4. The van der Waals surface area contributed by atoms with E-state index in [1.165, 1.54) is 12.1 Å². The number of carbonyl (C=O) groups is 1. The van der Waals surface area contributed by atoms with Gasteiger partial charge in [-0.2, -0.15) is 0 Å². The van der Waals surface area contributed by atoms with Crippen LogP contribution >= 0.6 is 11.6 Å². The summed E-state index contributed by atoms with van der Waals surface area (Å²) in [6.07, 6.45) is 2.11. The second-order valence-electron chi connectivity index (χ2n) is 9.43. The van der Waals surface area contributed by atoms with Crippen molar-refractivity contribution in [3.05, 3.63) is 70.6 Å². The van der Waals surface area contributed by atoms with Gasteiger partial charge in [0.2, 0.25) is 0 Å². The van der Waals surface area contributed by atoms with Gasteiger partial charge in [0, 0.05) is 35.1 Å². The summed E-state index contributed by atoms with van der Waals surface area (Å²) < 4.78 is 34.3. The molecular formula is C29H29ClF2N2O3. The maximum Gasteiger partial charge on any atom is 0.303 e. The number of halogens is 3. The highest BCUT2D eigenvalue weighted by Crippen LogP contribution is 2.36. The van der Waals surface area contributed by atoms with Crippen LogP contribution in [0.4, 0.5) is 8.78 Å². The average molecular weight is 527 g/mol. The summed E-state index contributed by atoms with van der Waals surface area (Å²) in [5.41, 5.74) is 1.78. The van der Waals surface area contributed by atoms with Crippen LogP contribution in [0, 0.1) is 29.5 Å². The molecule has 1 aliphatic heterocycles. The SMILES string of the molecule is COc1ccc2nccc([C@H](F)CC[C@@H]3CCN(CC#Cc4cc(F)cc(Cl)c4)C[C@@H]3CC(=O)O)c2c1. The Morgan fingerprint density at radius 3 is 2.86 bits per heavy atom. The Labute approximate surface area is 220 Å². The first-order chi connectivity index (χ1) is 17.8. The number of aliphatic carboxylic acids is 1. The Balaban J connectivity index is 1.39. The molecule has 194 valence electrons. The van der Waals surface area contributed by atoms with Gasteiger partial charge in [-0.1, -0.05) is 23.4 Å². The Bertz CT molecular complexity index is 1300. The molecule has 0 bridgehead atoms. The Morgan fingerprint density at radius 2 is 2.11 bits per heavy atom. The monoisotopic (exact) mass is 526 g/mol. The predicted molar refractivity (Wildman–Crippen MR) is 140 cm³/mol. The van der Waals surface area contributed by atoms with Crippen molar-refractivity contribution in [3.63, 3.8) is 0 Å². The van der Waals surface area contributed by atoms with Crippen molar-refractivity contribution in [2.45, 2.75) is 31.9 Å². The number of fused-ring (bicyclic) bond motifs is 1. The van der Waals surface area contributed by atoms with Crippen LogP contribution in [-0.2, 0) is 4.79 Å². The molecule has 0 unspecified atom stereocenters. The zero-order chi connectivity index (χ0) is 26.4. The standard InChI is InChI=1S/C29H29ClF2N2O3/c1-37-24-5-7-28-26(17-24)25(8-10-33-28)27(32)6-4-20-9-12-34(18-21(20)15-29(35)36)11-2-3-19-13-22(30)16-23(31)14-19/h5,7-8,10,13-14,16-17,20-21,27H,4,6,9,11-12,15,18H2,1H3,(H,35,36)/t20-,21+,27-/m1/s1. The van der Waals surface area contributed by atoms with Gasteiger partial charge in [-0.05, 0) is 85.7 Å². The predicted octanol–water partition coefficient (Wildman–Crippen LogP) is 6.29. The summed E-state index contributed by atoms with van der Waals surface area (Å²) >= 11 is 5.89. The lowest BCUT2D eigenvalue weighted by atomic mass is 9.79. The summed E-state index contributed by atoms with van der Waals surface area (Å²) in [5.74, 6) is 5.31. The van der Waals surface area contributed by atoms with Crippen molar-refractivity contribution in [3.8, 4) is 17.6 Å². The molecule has 1 aromatic heterocycles. The van der Waals surface area contributed by atoms with Crippen molar-refractivity contribution >= 4 is 28.5 Å². The number of piperidine rings is 1. The quantitative estimate of drug-likeness (QED) is 0.349. The van der Waals surface area contributed by atoms with E-state index < -0.39 is 18.0 Å². The highest BCUT2D eigenvalue weighted by Gasteiger charge is 2.31. The third-order valence-corrected chi connectivity index (χ3v) is 7.14. The average Bonchev–Trinajstić information content (AvgIpc) is 2.86. The van der Waals surface area contributed by atoms with Crippen molar-refractivity contribution in [2.75, 3.05) is 26.7 Å². The first kappa shape index (κ1) is 26.8. The number of ether oxygens (including phenoxy) is 1. The fourth-order valence-corrected chi connectivity index (χ4v) is 5.30.